The number of halogens is 3. The van der Waals surface area contributed by atoms with Crippen molar-refractivity contribution < 1.29 is 32.0 Å². The first-order chi connectivity index (χ1) is 14.2. The second-order valence-electron chi connectivity index (χ2n) is 6.77. The summed E-state index contributed by atoms with van der Waals surface area (Å²) in [5.41, 5.74) is 1.86. The predicted molar refractivity (Wildman–Crippen MR) is 102 cm³/mol. The first-order valence-corrected chi connectivity index (χ1v) is 9.17. The summed E-state index contributed by atoms with van der Waals surface area (Å²) in [4.78, 5) is 12.0. The number of carbonyl (C=O) groups excluding carboxylic acids is 1. The lowest BCUT2D eigenvalue weighted by Crippen LogP contribution is -2.09. The van der Waals surface area contributed by atoms with E-state index in [2.05, 4.69) is 5.16 Å². The number of hydrogen-bond acceptors (Lipinski definition) is 5. The quantitative estimate of drug-likeness (QED) is 0.494. The Morgan fingerprint density at radius 2 is 1.77 bits per heavy atom. The van der Waals surface area contributed by atoms with Crippen molar-refractivity contribution in [2.75, 3.05) is 0 Å². The smallest absolute Gasteiger partial charge is 0.416 e. The number of carbonyl (C=O) groups is 1. The summed E-state index contributed by atoms with van der Waals surface area (Å²) >= 11 is 0. The number of aryl methyl sites for hydroxylation is 2. The molecule has 5 nitrogen and oxygen atoms in total. The first kappa shape index (κ1) is 21.4. The minimum absolute atomic E-state index is 0.00308. The Balaban J connectivity index is 1.50. The maximum absolute atomic E-state index is 12.7. The second-order valence-corrected chi connectivity index (χ2v) is 6.77. The maximum Gasteiger partial charge on any atom is 0.416 e. The van der Waals surface area contributed by atoms with Crippen molar-refractivity contribution in [1.29, 1.82) is 0 Å². The van der Waals surface area contributed by atoms with Crippen LogP contribution in [0.1, 0.15) is 33.7 Å². The molecule has 0 saturated carbocycles. The largest absolute Gasteiger partial charge is 0.489 e. The van der Waals surface area contributed by atoms with Gasteiger partial charge in [0.2, 0.25) is 0 Å². The molecule has 158 valence electrons. The molecule has 0 radical (unpaired) electrons. The van der Waals surface area contributed by atoms with Gasteiger partial charge < -0.3 is 14.0 Å². The summed E-state index contributed by atoms with van der Waals surface area (Å²) in [5.74, 6) is 0.792. The Morgan fingerprint density at radius 1 is 1.03 bits per heavy atom. The zero-order chi connectivity index (χ0) is 21.7. The molecule has 1 heterocycles. The average Bonchev–Trinajstić information content (AvgIpc) is 3.03. The van der Waals surface area contributed by atoms with Gasteiger partial charge in [-0.3, -0.25) is 4.79 Å². The summed E-state index contributed by atoms with van der Waals surface area (Å²) in [7, 11) is 0. The summed E-state index contributed by atoms with van der Waals surface area (Å²) in [5, 5.41) is 3.87. The van der Waals surface area contributed by atoms with Crippen molar-refractivity contribution in [2.24, 2.45) is 0 Å². The van der Waals surface area contributed by atoms with E-state index in [0.717, 1.165) is 23.4 Å². The third-order valence-corrected chi connectivity index (χ3v) is 4.49. The summed E-state index contributed by atoms with van der Waals surface area (Å²) in [6.45, 7) is 3.75. The molecule has 0 amide bonds. The van der Waals surface area contributed by atoms with Crippen molar-refractivity contribution in [1.82, 2.24) is 5.16 Å². The molecule has 0 fully saturated rings. The molecule has 8 heteroatoms. The molecule has 0 aliphatic carbocycles. The van der Waals surface area contributed by atoms with Crippen LogP contribution in [0.5, 0.6) is 5.75 Å². The maximum atomic E-state index is 12.7. The lowest BCUT2D eigenvalue weighted by molar-refractivity contribution is -0.144. The lowest BCUT2D eigenvalue weighted by atomic mass is 10.1. The molecular formula is C22H20F3NO4. The van der Waals surface area contributed by atoms with Crippen LogP contribution in [0.2, 0.25) is 0 Å². The van der Waals surface area contributed by atoms with E-state index in [1.54, 1.807) is 24.3 Å². The molecule has 0 aliphatic rings. The third kappa shape index (κ3) is 5.62. The van der Waals surface area contributed by atoms with Gasteiger partial charge >= 0.3 is 12.1 Å². The van der Waals surface area contributed by atoms with Crippen molar-refractivity contribution in [3.63, 3.8) is 0 Å². The molecule has 0 N–H and O–H groups in total. The highest BCUT2D eigenvalue weighted by Gasteiger charge is 2.30. The number of nitrogens with zero attached hydrogens (tertiary/aromatic N) is 1. The topological polar surface area (TPSA) is 61.6 Å². The molecule has 0 spiro atoms. The Kier molecular flexibility index (Phi) is 6.44. The van der Waals surface area contributed by atoms with E-state index in [1.165, 1.54) is 12.1 Å². The molecule has 0 bridgehead atoms. The second kappa shape index (κ2) is 9.02. The standard InChI is InChI=1S/C22H20F3NO4/c1-14-20(15(2)30-26-14)13-28-19-8-6-16(7-9-19)11-21(27)29-12-17-4-3-5-18(10-17)22(23,24)25/h3-10H,11-13H2,1-2H3. The number of rotatable bonds is 7. The number of hydrogen-bond donors (Lipinski definition) is 0. The van der Waals surface area contributed by atoms with Crippen LogP contribution >= 0.6 is 0 Å². The number of aromatic nitrogens is 1. The molecule has 3 rings (SSSR count). The number of alkyl halides is 3. The van der Waals surface area contributed by atoms with Crippen LogP contribution in [0.25, 0.3) is 0 Å². The van der Waals surface area contributed by atoms with E-state index in [1.807, 2.05) is 13.8 Å². The van der Waals surface area contributed by atoms with Gasteiger partial charge in [0.25, 0.3) is 0 Å². The zero-order valence-corrected chi connectivity index (χ0v) is 16.5. The first-order valence-electron chi connectivity index (χ1n) is 9.17. The molecule has 0 atom stereocenters. The van der Waals surface area contributed by atoms with E-state index in [-0.39, 0.29) is 18.6 Å². The molecule has 0 aliphatic heterocycles. The van der Waals surface area contributed by atoms with Gasteiger partial charge in [0, 0.05) is 0 Å². The number of benzene rings is 2. The number of ether oxygens (including phenoxy) is 2. The van der Waals surface area contributed by atoms with Gasteiger partial charge in [0.05, 0.1) is 23.2 Å². The monoisotopic (exact) mass is 419 g/mol. The van der Waals surface area contributed by atoms with E-state index >= 15 is 0 Å². The van der Waals surface area contributed by atoms with Crippen LogP contribution in [0.4, 0.5) is 13.2 Å². The number of esters is 1. The van der Waals surface area contributed by atoms with Crippen LogP contribution in [-0.4, -0.2) is 11.1 Å². The van der Waals surface area contributed by atoms with Gasteiger partial charge in [-0.05, 0) is 49.2 Å². The molecule has 3 aromatic rings. The minimum Gasteiger partial charge on any atom is -0.489 e. The van der Waals surface area contributed by atoms with Crippen molar-refractivity contribution in [3.8, 4) is 5.75 Å². The Bertz CT molecular complexity index is 990. The van der Waals surface area contributed by atoms with E-state index in [9.17, 15) is 18.0 Å². The molecule has 0 saturated heterocycles. The van der Waals surface area contributed by atoms with Crippen LogP contribution in [0, 0.1) is 13.8 Å². The zero-order valence-electron chi connectivity index (χ0n) is 16.5. The van der Waals surface area contributed by atoms with Gasteiger partial charge in [0.1, 0.15) is 24.7 Å². The summed E-state index contributed by atoms with van der Waals surface area (Å²) in [6.07, 6.45) is -4.43. The van der Waals surface area contributed by atoms with E-state index in [0.29, 0.717) is 23.7 Å². The van der Waals surface area contributed by atoms with Crippen LogP contribution < -0.4 is 4.74 Å². The van der Waals surface area contributed by atoms with Gasteiger partial charge in [-0.15, -0.1) is 0 Å². The molecule has 1 aromatic heterocycles. The molecule has 2 aromatic carbocycles. The highest BCUT2D eigenvalue weighted by atomic mass is 19.4. The van der Waals surface area contributed by atoms with Crippen molar-refractivity contribution in [2.45, 2.75) is 39.7 Å². The minimum atomic E-state index is -4.44. The Labute approximate surface area is 171 Å². The fourth-order valence-corrected chi connectivity index (χ4v) is 2.79. The molecule has 30 heavy (non-hydrogen) atoms. The predicted octanol–water partition coefficient (Wildman–Crippen LogP) is 5.18. The van der Waals surface area contributed by atoms with Crippen LogP contribution in [-0.2, 0) is 35.3 Å². The van der Waals surface area contributed by atoms with E-state index < -0.39 is 17.7 Å². The van der Waals surface area contributed by atoms with Gasteiger partial charge in [-0.1, -0.05) is 29.4 Å². The fraction of sp³-hybridized carbons (Fsp3) is 0.273. The highest BCUT2D eigenvalue weighted by molar-refractivity contribution is 5.72. The summed E-state index contributed by atoms with van der Waals surface area (Å²) < 4.78 is 54.1. The fourth-order valence-electron chi connectivity index (χ4n) is 2.79. The Morgan fingerprint density at radius 3 is 2.40 bits per heavy atom. The lowest BCUT2D eigenvalue weighted by Gasteiger charge is -2.10. The Hall–Kier alpha value is -3.29. The summed E-state index contributed by atoms with van der Waals surface area (Å²) in [6, 6.07) is 11.6. The van der Waals surface area contributed by atoms with Gasteiger partial charge in [-0.25, -0.2) is 0 Å². The van der Waals surface area contributed by atoms with E-state index in [4.69, 9.17) is 14.0 Å². The average molecular weight is 419 g/mol. The highest BCUT2D eigenvalue weighted by Crippen LogP contribution is 2.29. The SMILES string of the molecule is Cc1noc(C)c1COc1ccc(CC(=O)OCc2cccc(C(F)(F)F)c2)cc1. The van der Waals surface area contributed by atoms with Crippen molar-refractivity contribution in [3.05, 3.63) is 82.2 Å². The normalized spacial score (nSPS) is 11.4. The van der Waals surface area contributed by atoms with Crippen molar-refractivity contribution >= 4 is 5.97 Å². The van der Waals surface area contributed by atoms with Crippen LogP contribution in [0.15, 0.2) is 53.1 Å². The molecule has 0 unspecified atom stereocenters. The van der Waals surface area contributed by atoms with Gasteiger partial charge in [0.15, 0.2) is 0 Å². The third-order valence-electron chi connectivity index (χ3n) is 4.49. The molecular weight excluding hydrogens is 399 g/mol. The van der Waals surface area contributed by atoms with Gasteiger partial charge in [-0.2, -0.15) is 13.2 Å². The van der Waals surface area contributed by atoms with Crippen LogP contribution in [0.3, 0.4) is 0 Å².